The second-order valence-corrected chi connectivity index (χ2v) is 5.31. The number of para-hydroxylation sites is 2. The van der Waals surface area contributed by atoms with Crippen LogP contribution in [0.25, 0.3) is 0 Å². The van der Waals surface area contributed by atoms with Gasteiger partial charge in [-0.3, -0.25) is 0 Å². The predicted octanol–water partition coefficient (Wildman–Crippen LogP) is 3.30. The van der Waals surface area contributed by atoms with E-state index in [-0.39, 0.29) is 0 Å². The molecule has 0 unspecified atom stereocenters. The molecule has 2 rings (SSSR count). The van der Waals surface area contributed by atoms with E-state index in [0.717, 1.165) is 43.6 Å². The van der Waals surface area contributed by atoms with Gasteiger partial charge in [-0.2, -0.15) is 0 Å². The molecule has 0 aromatic heterocycles. The molecule has 3 nitrogen and oxygen atoms in total. The molecule has 0 spiro atoms. The highest BCUT2D eigenvalue weighted by Crippen LogP contribution is 2.23. The predicted molar refractivity (Wildman–Crippen MR) is 80.5 cm³/mol. The summed E-state index contributed by atoms with van der Waals surface area (Å²) >= 11 is 0. The number of rotatable bonds is 7. The Morgan fingerprint density at radius 2 is 2.00 bits per heavy atom. The Kier molecular flexibility index (Phi) is 5.52. The Morgan fingerprint density at radius 3 is 2.68 bits per heavy atom. The lowest BCUT2D eigenvalue weighted by Crippen LogP contribution is -2.34. The summed E-state index contributed by atoms with van der Waals surface area (Å²) in [6.07, 6.45) is 6.62. The molecule has 19 heavy (non-hydrogen) atoms. The topological polar surface area (TPSA) is 38.5 Å². The molecule has 0 radical (unpaired) electrons. The van der Waals surface area contributed by atoms with E-state index in [9.17, 15) is 0 Å². The maximum atomic E-state index is 5.85. The largest absolute Gasteiger partial charge is 0.491 e. The van der Waals surface area contributed by atoms with E-state index in [1.54, 1.807) is 0 Å². The monoisotopic (exact) mass is 262 g/mol. The minimum Gasteiger partial charge on any atom is -0.491 e. The maximum absolute atomic E-state index is 5.85. The summed E-state index contributed by atoms with van der Waals surface area (Å²) in [6.45, 7) is 5.29. The SMILES string of the molecule is CCN(CCCOc1ccccc1N)C1CCCC1. The van der Waals surface area contributed by atoms with Crippen molar-refractivity contribution >= 4 is 5.69 Å². The van der Waals surface area contributed by atoms with Crippen LogP contribution in [-0.4, -0.2) is 30.6 Å². The van der Waals surface area contributed by atoms with Gasteiger partial charge in [0.1, 0.15) is 5.75 Å². The van der Waals surface area contributed by atoms with Gasteiger partial charge in [0.05, 0.1) is 12.3 Å². The molecule has 1 saturated carbocycles. The minimum absolute atomic E-state index is 0.727. The van der Waals surface area contributed by atoms with E-state index in [0.29, 0.717) is 0 Å². The van der Waals surface area contributed by atoms with E-state index in [2.05, 4.69) is 11.8 Å². The Hall–Kier alpha value is -1.22. The van der Waals surface area contributed by atoms with E-state index < -0.39 is 0 Å². The number of nitrogens with zero attached hydrogens (tertiary/aromatic N) is 1. The highest BCUT2D eigenvalue weighted by Gasteiger charge is 2.20. The third-order valence-corrected chi connectivity index (χ3v) is 4.01. The lowest BCUT2D eigenvalue weighted by molar-refractivity contribution is 0.188. The summed E-state index contributed by atoms with van der Waals surface area (Å²) in [5.41, 5.74) is 6.58. The fourth-order valence-electron chi connectivity index (χ4n) is 2.93. The molecule has 1 aromatic rings. The van der Waals surface area contributed by atoms with Crippen molar-refractivity contribution < 1.29 is 4.74 Å². The van der Waals surface area contributed by atoms with E-state index in [4.69, 9.17) is 10.5 Å². The van der Waals surface area contributed by atoms with Crippen molar-refractivity contribution in [1.82, 2.24) is 4.90 Å². The first-order valence-electron chi connectivity index (χ1n) is 7.52. The Balaban J connectivity index is 1.69. The van der Waals surface area contributed by atoms with Crippen LogP contribution in [0.5, 0.6) is 5.75 Å². The molecule has 1 aromatic carbocycles. The zero-order chi connectivity index (χ0) is 13.5. The van der Waals surface area contributed by atoms with Crippen molar-refractivity contribution in [2.75, 3.05) is 25.4 Å². The number of anilines is 1. The van der Waals surface area contributed by atoms with E-state index in [1.165, 1.54) is 25.7 Å². The molecule has 0 heterocycles. The number of hydrogen-bond donors (Lipinski definition) is 1. The van der Waals surface area contributed by atoms with E-state index >= 15 is 0 Å². The molecule has 106 valence electrons. The van der Waals surface area contributed by atoms with Crippen LogP contribution in [0.3, 0.4) is 0 Å². The molecule has 0 aliphatic heterocycles. The van der Waals surface area contributed by atoms with Gasteiger partial charge in [0.25, 0.3) is 0 Å². The zero-order valence-electron chi connectivity index (χ0n) is 12.0. The summed E-state index contributed by atoms with van der Waals surface area (Å²) in [7, 11) is 0. The van der Waals surface area contributed by atoms with Gasteiger partial charge in [-0.1, -0.05) is 31.9 Å². The quantitative estimate of drug-likeness (QED) is 0.605. The average molecular weight is 262 g/mol. The first kappa shape index (κ1) is 14.2. The van der Waals surface area contributed by atoms with Gasteiger partial charge >= 0.3 is 0 Å². The number of ether oxygens (including phenoxy) is 1. The van der Waals surface area contributed by atoms with Crippen LogP contribution in [0, 0.1) is 0 Å². The Bertz CT molecular complexity index is 375. The molecule has 0 amide bonds. The third-order valence-electron chi connectivity index (χ3n) is 4.01. The smallest absolute Gasteiger partial charge is 0.142 e. The fraction of sp³-hybridized carbons (Fsp3) is 0.625. The van der Waals surface area contributed by atoms with Crippen molar-refractivity contribution in [3.63, 3.8) is 0 Å². The van der Waals surface area contributed by atoms with Crippen LogP contribution in [0.15, 0.2) is 24.3 Å². The number of benzene rings is 1. The van der Waals surface area contributed by atoms with Gasteiger partial charge in [-0.05, 0) is 37.9 Å². The lowest BCUT2D eigenvalue weighted by Gasteiger charge is -2.27. The molecule has 2 N–H and O–H groups in total. The third kappa shape index (κ3) is 4.13. The van der Waals surface area contributed by atoms with Crippen molar-refractivity contribution in [1.29, 1.82) is 0 Å². The number of hydrogen-bond acceptors (Lipinski definition) is 3. The van der Waals surface area contributed by atoms with Gasteiger partial charge in [-0.15, -0.1) is 0 Å². The van der Waals surface area contributed by atoms with Crippen molar-refractivity contribution in [3.8, 4) is 5.75 Å². The normalized spacial score (nSPS) is 16.1. The summed E-state index contributed by atoms with van der Waals surface area (Å²) in [6, 6.07) is 8.52. The summed E-state index contributed by atoms with van der Waals surface area (Å²) in [4.78, 5) is 2.60. The molecule has 1 aliphatic rings. The number of nitrogens with two attached hydrogens (primary N) is 1. The fourth-order valence-corrected chi connectivity index (χ4v) is 2.93. The minimum atomic E-state index is 0.727. The molecular formula is C16H26N2O. The molecule has 0 bridgehead atoms. The highest BCUT2D eigenvalue weighted by molar-refractivity contribution is 5.51. The molecule has 1 aliphatic carbocycles. The molecule has 3 heteroatoms. The van der Waals surface area contributed by atoms with Gasteiger partial charge in [0.2, 0.25) is 0 Å². The van der Waals surface area contributed by atoms with Crippen LogP contribution in [0.1, 0.15) is 39.0 Å². The summed E-state index contributed by atoms with van der Waals surface area (Å²) in [5, 5.41) is 0. The second-order valence-electron chi connectivity index (χ2n) is 5.31. The van der Waals surface area contributed by atoms with Gasteiger partial charge in [0.15, 0.2) is 0 Å². The van der Waals surface area contributed by atoms with Gasteiger partial charge in [-0.25, -0.2) is 0 Å². The maximum Gasteiger partial charge on any atom is 0.142 e. The molecule has 0 saturated heterocycles. The van der Waals surface area contributed by atoms with Crippen molar-refractivity contribution in [3.05, 3.63) is 24.3 Å². The number of nitrogen functional groups attached to an aromatic ring is 1. The van der Waals surface area contributed by atoms with Crippen LogP contribution in [0.2, 0.25) is 0 Å². The van der Waals surface area contributed by atoms with Crippen molar-refractivity contribution in [2.45, 2.75) is 45.1 Å². The molecule has 0 atom stereocenters. The van der Waals surface area contributed by atoms with Crippen LogP contribution in [0.4, 0.5) is 5.69 Å². The highest BCUT2D eigenvalue weighted by atomic mass is 16.5. The Labute approximate surface area is 116 Å². The van der Waals surface area contributed by atoms with Crippen LogP contribution >= 0.6 is 0 Å². The van der Waals surface area contributed by atoms with E-state index in [1.807, 2.05) is 24.3 Å². The lowest BCUT2D eigenvalue weighted by atomic mass is 10.2. The summed E-state index contributed by atoms with van der Waals surface area (Å²) in [5.74, 6) is 0.811. The van der Waals surface area contributed by atoms with Gasteiger partial charge in [0, 0.05) is 12.6 Å². The van der Waals surface area contributed by atoms with Crippen LogP contribution in [-0.2, 0) is 0 Å². The van der Waals surface area contributed by atoms with Gasteiger partial charge < -0.3 is 15.4 Å². The summed E-state index contributed by atoms with van der Waals surface area (Å²) < 4.78 is 5.74. The zero-order valence-corrected chi connectivity index (χ0v) is 12.0. The first-order valence-corrected chi connectivity index (χ1v) is 7.52. The van der Waals surface area contributed by atoms with Crippen molar-refractivity contribution in [2.24, 2.45) is 0 Å². The standard InChI is InChI=1S/C16H26N2O/c1-2-18(14-8-3-4-9-14)12-7-13-19-16-11-6-5-10-15(16)17/h5-6,10-11,14H,2-4,7-9,12-13,17H2,1H3. The molecule has 1 fully saturated rings. The molecular weight excluding hydrogens is 236 g/mol. The first-order chi connectivity index (χ1) is 9.31. The second kappa shape index (κ2) is 7.39. The Morgan fingerprint density at radius 1 is 1.26 bits per heavy atom. The van der Waals surface area contributed by atoms with Crippen LogP contribution < -0.4 is 10.5 Å². The average Bonchev–Trinajstić information content (AvgIpc) is 2.95.